The van der Waals surface area contributed by atoms with E-state index in [0.717, 1.165) is 6.07 Å². The molecule has 0 aliphatic rings. The van der Waals surface area contributed by atoms with E-state index in [2.05, 4.69) is 15.3 Å². The van der Waals surface area contributed by atoms with Crippen molar-refractivity contribution in [3.05, 3.63) is 36.0 Å². The normalized spacial score (nSPS) is 13.1. The molecule has 10 heteroatoms. The number of halogens is 3. The van der Waals surface area contributed by atoms with Gasteiger partial charge < -0.3 is 4.74 Å². The molecule has 0 aliphatic carbocycles. The lowest BCUT2D eigenvalue weighted by molar-refractivity contribution is -0.141. The zero-order valence-electron chi connectivity index (χ0n) is 15.8. The molecule has 0 radical (unpaired) electrons. The van der Waals surface area contributed by atoms with Crippen molar-refractivity contribution in [2.24, 2.45) is 0 Å². The van der Waals surface area contributed by atoms with E-state index in [1.807, 2.05) is 0 Å². The van der Waals surface area contributed by atoms with Crippen LogP contribution in [0.5, 0.6) is 0 Å². The van der Waals surface area contributed by atoms with Crippen LogP contribution in [-0.4, -0.2) is 31.6 Å². The molecule has 2 rings (SSSR count). The first-order valence-electron chi connectivity index (χ1n) is 8.34. The molecule has 2 aromatic rings. The van der Waals surface area contributed by atoms with Gasteiger partial charge in [0.25, 0.3) is 0 Å². The van der Waals surface area contributed by atoms with Gasteiger partial charge in [0.05, 0.1) is 16.5 Å². The number of hydrogen-bond acceptors (Lipinski definition) is 5. The van der Waals surface area contributed by atoms with E-state index in [-0.39, 0.29) is 11.4 Å². The minimum absolute atomic E-state index is 0.0491. The minimum Gasteiger partial charge on any atom is -0.444 e. The van der Waals surface area contributed by atoms with Gasteiger partial charge in [-0.05, 0) is 39.0 Å². The highest BCUT2D eigenvalue weighted by atomic mass is 32.2. The highest BCUT2D eigenvalue weighted by molar-refractivity contribution is 7.84. The monoisotopic (exact) mass is 415 g/mol. The Bertz CT molecular complexity index is 896. The van der Waals surface area contributed by atoms with Crippen molar-refractivity contribution in [1.29, 1.82) is 0 Å². The molecule has 1 amide bonds. The van der Waals surface area contributed by atoms with Gasteiger partial charge in [-0.3, -0.25) is 9.53 Å². The maximum atomic E-state index is 13.2. The summed E-state index contributed by atoms with van der Waals surface area (Å²) in [6.45, 7) is 6.68. The van der Waals surface area contributed by atoms with Crippen LogP contribution in [0.25, 0.3) is 11.3 Å². The average Bonchev–Trinajstić information content (AvgIpc) is 2.58. The second kappa shape index (κ2) is 8.26. The molecule has 0 spiro atoms. The van der Waals surface area contributed by atoms with Gasteiger partial charge >= 0.3 is 12.3 Å². The number of aromatic nitrogens is 2. The van der Waals surface area contributed by atoms with Crippen molar-refractivity contribution < 1.29 is 26.9 Å². The molecule has 1 aromatic carbocycles. The number of hydrogen-bond donors (Lipinski definition) is 1. The van der Waals surface area contributed by atoms with E-state index < -0.39 is 39.5 Å². The smallest absolute Gasteiger partial charge is 0.433 e. The van der Waals surface area contributed by atoms with Crippen molar-refractivity contribution in [1.82, 2.24) is 9.97 Å². The van der Waals surface area contributed by atoms with Crippen molar-refractivity contribution >= 4 is 22.6 Å². The Balaban J connectivity index is 2.42. The predicted octanol–water partition coefficient (Wildman–Crippen LogP) is 4.64. The van der Waals surface area contributed by atoms with Crippen molar-refractivity contribution in [2.75, 3.05) is 11.1 Å². The first-order valence-corrected chi connectivity index (χ1v) is 9.66. The number of anilines is 1. The van der Waals surface area contributed by atoms with Crippen LogP contribution in [0.2, 0.25) is 0 Å². The Kier molecular flexibility index (Phi) is 6.43. The number of amides is 1. The highest BCUT2D eigenvalue weighted by Crippen LogP contribution is 2.31. The molecular weight excluding hydrogens is 395 g/mol. The van der Waals surface area contributed by atoms with E-state index in [9.17, 15) is 22.2 Å². The predicted molar refractivity (Wildman–Crippen MR) is 99.3 cm³/mol. The Morgan fingerprint density at radius 3 is 2.43 bits per heavy atom. The summed E-state index contributed by atoms with van der Waals surface area (Å²) >= 11 is 0. The summed E-state index contributed by atoms with van der Waals surface area (Å²) in [6.07, 6.45) is -5.41. The number of nitrogens with zero attached hydrogens (tertiary/aromatic N) is 2. The van der Waals surface area contributed by atoms with Crippen LogP contribution in [-0.2, 0) is 21.7 Å². The molecule has 28 heavy (non-hydrogen) atoms. The summed E-state index contributed by atoms with van der Waals surface area (Å²) < 4.78 is 56.6. The fourth-order valence-electron chi connectivity index (χ4n) is 2.13. The second-order valence-corrected chi connectivity index (χ2v) is 8.39. The first kappa shape index (κ1) is 21.8. The topological polar surface area (TPSA) is 81.2 Å². The molecule has 0 saturated carbocycles. The highest BCUT2D eigenvalue weighted by Gasteiger charge is 2.34. The Morgan fingerprint density at radius 2 is 1.86 bits per heavy atom. The third-order valence-corrected chi connectivity index (χ3v) is 4.38. The minimum atomic E-state index is -4.71. The van der Waals surface area contributed by atoms with E-state index in [1.54, 1.807) is 39.8 Å². The molecule has 1 unspecified atom stereocenters. The third-order valence-electron chi connectivity index (χ3n) is 3.27. The number of alkyl halides is 3. The lowest BCUT2D eigenvalue weighted by atomic mass is 10.1. The van der Waals surface area contributed by atoms with Crippen LogP contribution in [0.1, 0.15) is 33.4 Å². The molecule has 0 aliphatic heterocycles. The summed E-state index contributed by atoms with van der Waals surface area (Å²) in [5, 5.41) is 2.12. The van der Waals surface area contributed by atoms with Crippen LogP contribution in [0.15, 0.2) is 35.5 Å². The average molecular weight is 415 g/mol. The Morgan fingerprint density at radius 1 is 1.18 bits per heavy atom. The molecule has 1 N–H and O–H groups in total. The van der Waals surface area contributed by atoms with Crippen LogP contribution in [0, 0.1) is 0 Å². The zero-order chi connectivity index (χ0) is 21.1. The third kappa shape index (κ3) is 6.01. The van der Waals surface area contributed by atoms with E-state index >= 15 is 0 Å². The van der Waals surface area contributed by atoms with E-state index in [1.165, 1.54) is 12.1 Å². The van der Waals surface area contributed by atoms with Gasteiger partial charge in [0.1, 0.15) is 11.3 Å². The first-order chi connectivity index (χ1) is 12.9. The molecule has 1 aromatic heterocycles. The van der Waals surface area contributed by atoms with Crippen LogP contribution in [0.4, 0.5) is 23.7 Å². The summed E-state index contributed by atoms with van der Waals surface area (Å²) in [7, 11) is -1.76. The Hall–Kier alpha value is -2.49. The van der Waals surface area contributed by atoms with Crippen molar-refractivity contribution in [2.45, 2.75) is 44.6 Å². The van der Waals surface area contributed by atoms with Crippen LogP contribution >= 0.6 is 0 Å². The summed E-state index contributed by atoms with van der Waals surface area (Å²) in [4.78, 5) is 19.3. The van der Waals surface area contributed by atoms with Crippen molar-refractivity contribution in [3.63, 3.8) is 0 Å². The van der Waals surface area contributed by atoms with Gasteiger partial charge in [-0.25, -0.2) is 14.8 Å². The standard InChI is InChI=1S/C18H20F3N3O3S/c1-5-28(26)15-23-13(10-14(24-15)18(19,20)21)11-7-6-8-12(9-11)22-16(25)27-17(2,3)4/h6-10H,5H2,1-4H3,(H,22,25). The number of benzene rings is 1. The molecule has 0 fully saturated rings. The van der Waals surface area contributed by atoms with Gasteiger partial charge in [0.15, 0.2) is 0 Å². The van der Waals surface area contributed by atoms with Gasteiger partial charge in [0.2, 0.25) is 5.16 Å². The molecule has 1 heterocycles. The van der Waals surface area contributed by atoms with E-state index in [4.69, 9.17) is 4.74 Å². The lowest BCUT2D eigenvalue weighted by Gasteiger charge is -2.19. The molecular formula is C18H20F3N3O3S. The Labute approximate surface area is 163 Å². The SMILES string of the molecule is CCS(=O)c1nc(-c2cccc(NC(=O)OC(C)(C)C)c2)cc(C(F)(F)F)n1. The number of carbonyl (C=O) groups is 1. The maximum Gasteiger partial charge on any atom is 0.433 e. The van der Waals surface area contributed by atoms with Gasteiger partial charge in [0, 0.05) is 17.0 Å². The van der Waals surface area contributed by atoms with E-state index in [0.29, 0.717) is 11.3 Å². The second-order valence-electron chi connectivity index (χ2n) is 6.76. The fourth-order valence-corrected chi connectivity index (χ4v) is 2.79. The molecule has 152 valence electrons. The molecule has 0 bridgehead atoms. The lowest BCUT2D eigenvalue weighted by Crippen LogP contribution is -2.27. The largest absolute Gasteiger partial charge is 0.444 e. The summed E-state index contributed by atoms with van der Waals surface area (Å²) in [6, 6.07) is 6.87. The number of ether oxygens (including phenoxy) is 1. The van der Waals surface area contributed by atoms with Gasteiger partial charge in [-0.1, -0.05) is 19.1 Å². The van der Waals surface area contributed by atoms with Crippen LogP contribution < -0.4 is 5.32 Å². The van der Waals surface area contributed by atoms with Crippen molar-refractivity contribution in [3.8, 4) is 11.3 Å². The maximum absolute atomic E-state index is 13.2. The summed E-state index contributed by atoms with van der Waals surface area (Å²) in [5.41, 5.74) is -1.31. The zero-order valence-corrected chi connectivity index (χ0v) is 16.6. The molecule has 0 saturated heterocycles. The number of rotatable bonds is 4. The molecule has 6 nitrogen and oxygen atoms in total. The van der Waals surface area contributed by atoms with Gasteiger partial charge in [-0.15, -0.1) is 0 Å². The molecule has 1 atom stereocenters. The number of nitrogens with one attached hydrogen (secondary N) is 1. The van der Waals surface area contributed by atoms with Gasteiger partial charge in [-0.2, -0.15) is 13.2 Å². The van der Waals surface area contributed by atoms with Crippen LogP contribution in [0.3, 0.4) is 0 Å². The summed E-state index contributed by atoms with van der Waals surface area (Å²) in [5.74, 6) is 0.0843. The number of carbonyl (C=O) groups excluding carboxylic acids is 1. The fraction of sp³-hybridized carbons (Fsp3) is 0.389. The quantitative estimate of drug-likeness (QED) is 0.736.